The molecule has 0 unspecified atom stereocenters. The molecule has 0 bridgehead atoms. The molecule has 0 spiro atoms. The van der Waals surface area contributed by atoms with Crippen LogP contribution < -0.4 is 0 Å². The number of aromatic nitrogens is 4. The molecule has 0 atom stereocenters. The van der Waals surface area contributed by atoms with Gasteiger partial charge in [0.2, 0.25) is 0 Å². The highest BCUT2D eigenvalue weighted by Crippen LogP contribution is 2.38. The lowest BCUT2D eigenvalue weighted by molar-refractivity contribution is 1.07. The van der Waals surface area contributed by atoms with Gasteiger partial charge < -0.3 is 0 Å². The summed E-state index contributed by atoms with van der Waals surface area (Å²) in [5, 5.41) is 12.3. The van der Waals surface area contributed by atoms with Crippen molar-refractivity contribution in [1.29, 1.82) is 5.26 Å². The average molecular weight is 690 g/mol. The first-order valence-electron chi connectivity index (χ1n) is 17.8. The van der Waals surface area contributed by atoms with Gasteiger partial charge in [-0.25, -0.2) is 15.0 Å². The largest absolute Gasteiger partial charge is 0.264 e. The van der Waals surface area contributed by atoms with Crippen LogP contribution in [-0.4, -0.2) is 19.9 Å². The zero-order valence-corrected chi connectivity index (χ0v) is 29.1. The van der Waals surface area contributed by atoms with Gasteiger partial charge in [-0.2, -0.15) is 5.26 Å². The fourth-order valence-corrected chi connectivity index (χ4v) is 6.94. The maximum absolute atomic E-state index is 10.1. The number of hydrogen-bond donors (Lipinski definition) is 0. The van der Waals surface area contributed by atoms with Crippen LogP contribution in [-0.2, 0) is 0 Å². The Morgan fingerprint density at radius 2 is 0.796 bits per heavy atom. The van der Waals surface area contributed by atoms with E-state index in [1.165, 1.54) is 0 Å². The van der Waals surface area contributed by atoms with Crippen molar-refractivity contribution in [3.05, 3.63) is 194 Å². The number of pyridine rings is 1. The van der Waals surface area contributed by atoms with Gasteiger partial charge in [0, 0.05) is 29.1 Å². The second kappa shape index (κ2) is 14.2. The highest BCUT2D eigenvalue weighted by atomic mass is 15.0. The molecule has 5 nitrogen and oxygen atoms in total. The molecule has 2 aromatic heterocycles. The third-order valence-electron chi connectivity index (χ3n) is 9.66. The number of fused-ring (bicyclic) bond motifs is 1. The van der Waals surface area contributed by atoms with Crippen LogP contribution in [0.1, 0.15) is 5.56 Å². The van der Waals surface area contributed by atoms with E-state index in [0.29, 0.717) is 23.0 Å². The van der Waals surface area contributed by atoms with Crippen LogP contribution in [0.15, 0.2) is 188 Å². The summed E-state index contributed by atoms with van der Waals surface area (Å²) < 4.78 is 0. The lowest BCUT2D eigenvalue weighted by Gasteiger charge is -2.14. The Kier molecular flexibility index (Phi) is 8.53. The maximum Gasteiger partial charge on any atom is 0.164 e. The molecule has 0 saturated carbocycles. The third kappa shape index (κ3) is 6.41. The molecule has 0 N–H and O–H groups in total. The first kappa shape index (κ1) is 32.4. The summed E-state index contributed by atoms with van der Waals surface area (Å²) in [6.07, 6.45) is 3.64. The van der Waals surface area contributed by atoms with Crippen LogP contribution >= 0.6 is 0 Å². The molecule has 0 saturated heterocycles. The van der Waals surface area contributed by atoms with Gasteiger partial charge >= 0.3 is 0 Å². The molecule has 54 heavy (non-hydrogen) atoms. The van der Waals surface area contributed by atoms with E-state index in [1.807, 2.05) is 85.1 Å². The molecule has 0 aliphatic carbocycles. The quantitative estimate of drug-likeness (QED) is 0.166. The van der Waals surface area contributed by atoms with E-state index < -0.39 is 0 Å². The summed E-state index contributed by atoms with van der Waals surface area (Å²) in [5.74, 6) is 1.89. The topological polar surface area (TPSA) is 75.3 Å². The SMILES string of the molecule is N#Cc1cc(-c2ccc(-c3cccnc3)cc2)cc(-c2ccc(-c3ccc(-c4nc(-c5ccccc5)nc(-c5ccccc5)n4)cc3)c3ccccc23)c1. The number of nitrogens with zero attached hydrogens (tertiary/aromatic N) is 5. The highest BCUT2D eigenvalue weighted by molar-refractivity contribution is 6.05. The van der Waals surface area contributed by atoms with E-state index in [9.17, 15) is 5.26 Å². The van der Waals surface area contributed by atoms with Crippen molar-refractivity contribution in [2.75, 3.05) is 0 Å². The molecule has 0 aliphatic rings. The second-order valence-corrected chi connectivity index (χ2v) is 13.1. The molecule has 9 aromatic rings. The van der Waals surface area contributed by atoms with Gasteiger partial charge in [0.15, 0.2) is 17.5 Å². The molecular formula is C49H31N5. The Bertz CT molecular complexity index is 2730. The maximum atomic E-state index is 10.1. The molecule has 7 aromatic carbocycles. The molecule has 0 aliphatic heterocycles. The summed E-state index contributed by atoms with van der Waals surface area (Å²) in [4.78, 5) is 18.9. The summed E-state index contributed by atoms with van der Waals surface area (Å²) >= 11 is 0. The van der Waals surface area contributed by atoms with Crippen LogP contribution in [0.4, 0.5) is 0 Å². The van der Waals surface area contributed by atoms with Crippen molar-refractivity contribution >= 4 is 10.8 Å². The van der Waals surface area contributed by atoms with E-state index in [-0.39, 0.29) is 0 Å². The Morgan fingerprint density at radius 1 is 0.352 bits per heavy atom. The Morgan fingerprint density at radius 3 is 1.33 bits per heavy atom. The highest BCUT2D eigenvalue weighted by Gasteiger charge is 2.15. The van der Waals surface area contributed by atoms with Crippen LogP contribution in [0.3, 0.4) is 0 Å². The minimum Gasteiger partial charge on any atom is -0.264 e. The van der Waals surface area contributed by atoms with Crippen molar-refractivity contribution < 1.29 is 0 Å². The molecule has 0 fully saturated rings. The summed E-state index contributed by atoms with van der Waals surface area (Å²) in [5.41, 5.74) is 11.9. The van der Waals surface area contributed by atoms with Gasteiger partial charge in [0.05, 0.1) is 11.6 Å². The van der Waals surface area contributed by atoms with E-state index in [0.717, 1.165) is 72.0 Å². The number of rotatable bonds is 7. The van der Waals surface area contributed by atoms with Crippen LogP contribution in [0.25, 0.3) is 89.4 Å². The Balaban J connectivity index is 1.08. The van der Waals surface area contributed by atoms with E-state index in [2.05, 4.69) is 108 Å². The molecule has 0 amide bonds. The van der Waals surface area contributed by atoms with Crippen molar-refractivity contribution in [3.63, 3.8) is 0 Å². The molecule has 9 rings (SSSR count). The van der Waals surface area contributed by atoms with Crippen LogP contribution in [0.5, 0.6) is 0 Å². The molecule has 2 heterocycles. The van der Waals surface area contributed by atoms with Crippen molar-refractivity contribution in [3.8, 4) is 84.7 Å². The number of benzene rings is 7. The third-order valence-corrected chi connectivity index (χ3v) is 9.66. The lowest BCUT2D eigenvalue weighted by atomic mass is 9.89. The van der Waals surface area contributed by atoms with Crippen molar-refractivity contribution in [2.45, 2.75) is 0 Å². The molecule has 5 heteroatoms. The summed E-state index contributed by atoms with van der Waals surface area (Å²) in [7, 11) is 0. The van der Waals surface area contributed by atoms with Gasteiger partial charge in [0.25, 0.3) is 0 Å². The van der Waals surface area contributed by atoms with Crippen molar-refractivity contribution in [1.82, 2.24) is 19.9 Å². The van der Waals surface area contributed by atoms with Crippen LogP contribution in [0, 0.1) is 11.3 Å². The monoisotopic (exact) mass is 689 g/mol. The zero-order chi connectivity index (χ0) is 36.3. The smallest absolute Gasteiger partial charge is 0.164 e. The average Bonchev–Trinajstić information content (AvgIpc) is 3.26. The number of hydrogen-bond acceptors (Lipinski definition) is 5. The number of nitriles is 1. The van der Waals surface area contributed by atoms with Crippen molar-refractivity contribution in [2.24, 2.45) is 0 Å². The second-order valence-electron chi connectivity index (χ2n) is 13.1. The normalized spacial score (nSPS) is 10.9. The summed E-state index contributed by atoms with van der Waals surface area (Å²) in [6.45, 7) is 0. The fourth-order valence-electron chi connectivity index (χ4n) is 6.94. The predicted octanol–water partition coefficient (Wildman–Crippen LogP) is 12.0. The van der Waals surface area contributed by atoms with E-state index >= 15 is 0 Å². The van der Waals surface area contributed by atoms with Gasteiger partial charge in [-0.05, 0) is 79.5 Å². The predicted molar refractivity (Wildman–Crippen MR) is 218 cm³/mol. The van der Waals surface area contributed by atoms with Gasteiger partial charge in [-0.15, -0.1) is 0 Å². The first-order valence-corrected chi connectivity index (χ1v) is 17.8. The minimum atomic E-state index is 0.617. The Hall–Kier alpha value is -7.55. The Labute approximate surface area is 313 Å². The van der Waals surface area contributed by atoms with E-state index in [1.54, 1.807) is 6.20 Å². The van der Waals surface area contributed by atoms with Gasteiger partial charge in [-0.3, -0.25) is 4.98 Å². The first-order chi connectivity index (χ1) is 26.7. The zero-order valence-electron chi connectivity index (χ0n) is 29.1. The lowest BCUT2D eigenvalue weighted by Crippen LogP contribution is -2.00. The summed E-state index contributed by atoms with van der Waals surface area (Å²) in [6, 6.07) is 62.2. The molecule has 252 valence electrons. The molecule has 0 radical (unpaired) electrons. The standard InChI is InChI=1S/C49H31N5/c50-31-33-28-41(35-19-17-34(18-20-35)40-14-9-27-51-32-40)30-42(29-33)44-26-25-43(45-15-7-8-16-46(44)45)36-21-23-39(24-22-36)49-53-47(37-10-3-1-4-11-37)52-48(54-49)38-12-5-2-6-13-38/h1-30,32H. The van der Waals surface area contributed by atoms with Crippen LogP contribution in [0.2, 0.25) is 0 Å². The van der Waals surface area contributed by atoms with Gasteiger partial charge in [0.1, 0.15) is 0 Å². The van der Waals surface area contributed by atoms with Gasteiger partial charge in [-0.1, -0.05) is 152 Å². The fraction of sp³-hybridized carbons (Fsp3) is 0. The minimum absolute atomic E-state index is 0.617. The van der Waals surface area contributed by atoms with E-state index in [4.69, 9.17) is 15.0 Å². The molecular weight excluding hydrogens is 659 g/mol.